The van der Waals surface area contributed by atoms with Gasteiger partial charge in [0.1, 0.15) is 0 Å². The number of fused-ring (bicyclic) bond motifs is 1. The third-order valence-electron chi connectivity index (χ3n) is 5.03. The largest absolute Gasteiger partial charge is 0.337 e. The van der Waals surface area contributed by atoms with E-state index >= 15 is 0 Å². The molecule has 4 nitrogen and oxygen atoms in total. The van der Waals surface area contributed by atoms with Crippen LogP contribution in [0.5, 0.6) is 0 Å². The van der Waals surface area contributed by atoms with E-state index < -0.39 is 0 Å². The second-order valence-corrected chi connectivity index (χ2v) is 6.94. The van der Waals surface area contributed by atoms with Crippen molar-refractivity contribution in [3.63, 3.8) is 0 Å². The standard InChI is InChI=1S/C23H23N3O/c1-26(23(27)20-13-18-11-12-24-15-22(18)25-14-20)16-19-9-5-6-10-21(19)17-7-3-2-4-8-17/h2-10,13-14,24H,11-12,15-16H2,1H3. The van der Waals surface area contributed by atoms with Crippen molar-refractivity contribution < 1.29 is 4.79 Å². The molecule has 4 heteroatoms. The fraction of sp³-hybridized carbons (Fsp3) is 0.217. The Bertz CT molecular complexity index is 953. The molecule has 136 valence electrons. The Morgan fingerprint density at radius 3 is 2.74 bits per heavy atom. The molecule has 0 saturated carbocycles. The zero-order chi connectivity index (χ0) is 18.6. The summed E-state index contributed by atoms with van der Waals surface area (Å²) in [6.07, 6.45) is 2.62. The fourth-order valence-electron chi connectivity index (χ4n) is 3.57. The fourth-order valence-corrected chi connectivity index (χ4v) is 3.57. The Kier molecular flexibility index (Phi) is 4.99. The minimum Gasteiger partial charge on any atom is -0.337 e. The van der Waals surface area contributed by atoms with Gasteiger partial charge in [-0.2, -0.15) is 0 Å². The second-order valence-electron chi connectivity index (χ2n) is 6.94. The Hall–Kier alpha value is -2.98. The molecule has 0 radical (unpaired) electrons. The zero-order valence-electron chi connectivity index (χ0n) is 15.5. The van der Waals surface area contributed by atoms with Crippen LogP contribution >= 0.6 is 0 Å². The molecule has 3 aromatic rings. The summed E-state index contributed by atoms with van der Waals surface area (Å²) >= 11 is 0. The number of hydrogen-bond donors (Lipinski definition) is 1. The van der Waals surface area contributed by atoms with Gasteiger partial charge in [-0.1, -0.05) is 54.6 Å². The summed E-state index contributed by atoms with van der Waals surface area (Å²) < 4.78 is 0. The molecule has 1 amide bonds. The van der Waals surface area contributed by atoms with Crippen LogP contribution in [0.3, 0.4) is 0 Å². The molecule has 0 saturated heterocycles. The summed E-state index contributed by atoms with van der Waals surface area (Å²) in [5.41, 5.74) is 6.35. The molecule has 1 aliphatic heterocycles. The highest BCUT2D eigenvalue weighted by Gasteiger charge is 2.17. The number of aromatic nitrogens is 1. The minimum absolute atomic E-state index is 0.00620. The van der Waals surface area contributed by atoms with Crippen molar-refractivity contribution in [3.05, 3.63) is 89.2 Å². The number of nitrogens with zero attached hydrogens (tertiary/aromatic N) is 2. The predicted octanol–water partition coefficient (Wildman–Crippen LogP) is 3.67. The lowest BCUT2D eigenvalue weighted by molar-refractivity contribution is 0.0784. The van der Waals surface area contributed by atoms with E-state index in [1.807, 2.05) is 43.4 Å². The van der Waals surface area contributed by atoms with Gasteiger partial charge in [0.25, 0.3) is 5.91 Å². The van der Waals surface area contributed by atoms with E-state index in [9.17, 15) is 4.79 Å². The van der Waals surface area contributed by atoms with Crippen molar-refractivity contribution in [2.24, 2.45) is 0 Å². The molecule has 2 heterocycles. The monoisotopic (exact) mass is 357 g/mol. The maximum absolute atomic E-state index is 13.0. The number of amides is 1. The van der Waals surface area contributed by atoms with E-state index in [1.54, 1.807) is 11.1 Å². The Morgan fingerprint density at radius 2 is 1.89 bits per heavy atom. The number of pyridine rings is 1. The highest BCUT2D eigenvalue weighted by Crippen LogP contribution is 2.25. The van der Waals surface area contributed by atoms with Gasteiger partial charge < -0.3 is 10.2 Å². The van der Waals surface area contributed by atoms with Crippen molar-refractivity contribution in [2.45, 2.75) is 19.5 Å². The van der Waals surface area contributed by atoms with Crippen LogP contribution in [-0.2, 0) is 19.5 Å². The molecule has 0 atom stereocenters. The molecule has 1 aromatic heterocycles. The predicted molar refractivity (Wildman–Crippen MR) is 107 cm³/mol. The average Bonchev–Trinajstić information content (AvgIpc) is 2.74. The first-order valence-corrected chi connectivity index (χ1v) is 9.29. The van der Waals surface area contributed by atoms with Gasteiger partial charge in [0.15, 0.2) is 0 Å². The molecule has 0 fully saturated rings. The maximum atomic E-state index is 13.0. The SMILES string of the molecule is CN(Cc1ccccc1-c1ccccc1)C(=O)c1cnc2c(c1)CCNC2. The summed E-state index contributed by atoms with van der Waals surface area (Å²) in [4.78, 5) is 19.2. The summed E-state index contributed by atoms with van der Waals surface area (Å²) in [6.45, 7) is 2.28. The zero-order valence-corrected chi connectivity index (χ0v) is 15.5. The van der Waals surface area contributed by atoms with Crippen LogP contribution in [0.1, 0.15) is 27.2 Å². The van der Waals surface area contributed by atoms with Crippen LogP contribution in [0.4, 0.5) is 0 Å². The number of rotatable bonds is 4. The van der Waals surface area contributed by atoms with Gasteiger partial charge in [-0.05, 0) is 41.3 Å². The van der Waals surface area contributed by atoms with E-state index in [4.69, 9.17) is 0 Å². The second kappa shape index (κ2) is 7.72. The van der Waals surface area contributed by atoms with Gasteiger partial charge in [0, 0.05) is 26.3 Å². The lowest BCUT2D eigenvalue weighted by atomic mass is 9.99. The first-order chi connectivity index (χ1) is 13.2. The molecular weight excluding hydrogens is 334 g/mol. The molecule has 1 aliphatic rings. The summed E-state index contributed by atoms with van der Waals surface area (Å²) in [6, 6.07) is 20.5. The number of nitrogens with one attached hydrogen (secondary N) is 1. The number of carbonyl (C=O) groups excluding carboxylic acids is 1. The van der Waals surface area contributed by atoms with Crippen LogP contribution in [0.15, 0.2) is 66.9 Å². The third kappa shape index (κ3) is 3.76. The molecule has 1 N–H and O–H groups in total. The molecule has 0 spiro atoms. The Balaban J connectivity index is 1.56. The maximum Gasteiger partial charge on any atom is 0.255 e. The number of carbonyl (C=O) groups is 1. The van der Waals surface area contributed by atoms with Crippen LogP contribution in [0, 0.1) is 0 Å². The first-order valence-electron chi connectivity index (χ1n) is 9.29. The Morgan fingerprint density at radius 1 is 1.11 bits per heavy atom. The number of benzene rings is 2. The molecular formula is C23H23N3O. The molecule has 4 rings (SSSR count). The first kappa shape index (κ1) is 17.4. The van der Waals surface area contributed by atoms with Crippen LogP contribution in [0.2, 0.25) is 0 Å². The molecule has 27 heavy (non-hydrogen) atoms. The molecule has 0 aliphatic carbocycles. The summed E-state index contributed by atoms with van der Waals surface area (Å²) in [5, 5.41) is 3.31. The van der Waals surface area contributed by atoms with Crippen molar-refractivity contribution in [2.75, 3.05) is 13.6 Å². The minimum atomic E-state index is 0.00620. The normalized spacial score (nSPS) is 13.1. The Labute approximate surface area is 159 Å². The molecule has 0 bridgehead atoms. The summed E-state index contributed by atoms with van der Waals surface area (Å²) in [5.74, 6) is 0.00620. The van der Waals surface area contributed by atoms with Crippen molar-refractivity contribution >= 4 is 5.91 Å². The van der Waals surface area contributed by atoms with Gasteiger partial charge >= 0.3 is 0 Å². The quantitative estimate of drug-likeness (QED) is 0.775. The molecule has 0 unspecified atom stereocenters. The van der Waals surface area contributed by atoms with Crippen molar-refractivity contribution in [1.82, 2.24) is 15.2 Å². The van der Waals surface area contributed by atoms with Gasteiger partial charge in [0.2, 0.25) is 0 Å². The van der Waals surface area contributed by atoms with Gasteiger partial charge in [-0.3, -0.25) is 9.78 Å². The van der Waals surface area contributed by atoms with E-state index in [0.717, 1.165) is 41.9 Å². The highest BCUT2D eigenvalue weighted by atomic mass is 16.2. The smallest absolute Gasteiger partial charge is 0.255 e. The van der Waals surface area contributed by atoms with Crippen molar-refractivity contribution in [1.29, 1.82) is 0 Å². The van der Waals surface area contributed by atoms with Crippen LogP contribution in [-0.4, -0.2) is 29.4 Å². The van der Waals surface area contributed by atoms with Gasteiger partial charge in [-0.25, -0.2) is 0 Å². The topological polar surface area (TPSA) is 45.2 Å². The van der Waals surface area contributed by atoms with E-state index in [-0.39, 0.29) is 5.91 Å². The lowest BCUT2D eigenvalue weighted by Gasteiger charge is -2.21. The lowest BCUT2D eigenvalue weighted by Crippen LogP contribution is -2.28. The highest BCUT2D eigenvalue weighted by molar-refractivity contribution is 5.94. The van der Waals surface area contributed by atoms with E-state index in [1.165, 1.54) is 5.56 Å². The molecule has 2 aromatic carbocycles. The summed E-state index contributed by atoms with van der Waals surface area (Å²) in [7, 11) is 1.85. The average molecular weight is 357 g/mol. The van der Waals surface area contributed by atoms with Gasteiger partial charge in [-0.15, -0.1) is 0 Å². The third-order valence-corrected chi connectivity index (χ3v) is 5.03. The van der Waals surface area contributed by atoms with E-state index in [2.05, 4.69) is 34.6 Å². The number of hydrogen-bond acceptors (Lipinski definition) is 3. The van der Waals surface area contributed by atoms with E-state index in [0.29, 0.717) is 12.1 Å². The van der Waals surface area contributed by atoms with Crippen LogP contribution in [0.25, 0.3) is 11.1 Å². The van der Waals surface area contributed by atoms with Crippen LogP contribution < -0.4 is 5.32 Å². The van der Waals surface area contributed by atoms with Crippen molar-refractivity contribution in [3.8, 4) is 11.1 Å². The van der Waals surface area contributed by atoms with Gasteiger partial charge in [0.05, 0.1) is 11.3 Å².